The summed E-state index contributed by atoms with van der Waals surface area (Å²) in [6.45, 7) is 4.85. The molecule has 1 heterocycles. The zero-order valence-corrected chi connectivity index (χ0v) is 14.2. The van der Waals surface area contributed by atoms with Gasteiger partial charge in [-0.2, -0.15) is 0 Å². The number of hydrogen-bond acceptors (Lipinski definition) is 3. The molecule has 0 radical (unpaired) electrons. The highest BCUT2D eigenvalue weighted by molar-refractivity contribution is 9.10. The van der Waals surface area contributed by atoms with Crippen LogP contribution >= 0.6 is 15.9 Å². The van der Waals surface area contributed by atoms with Gasteiger partial charge in [-0.25, -0.2) is 4.98 Å². The molecule has 0 saturated heterocycles. The SMILES string of the molecule is CCCNCc1cccc(N(C)Cc2ccccc2Br)n1. The molecule has 0 aliphatic heterocycles. The Hall–Kier alpha value is -1.39. The van der Waals surface area contributed by atoms with Crippen LogP contribution in [0.15, 0.2) is 46.9 Å². The van der Waals surface area contributed by atoms with Gasteiger partial charge in [0.05, 0.1) is 5.69 Å². The van der Waals surface area contributed by atoms with Crippen molar-refractivity contribution in [3.05, 3.63) is 58.2 Å². The van der Waals surface area contributed by atoms with Crippen molar-refractivity contribution in [3.8, 4) is 0 Å². The van der Waals surface area contributed by atoms with Crippen LogP contribution < -0.4 is 10.2 Å². The van der Waals surface area contributed by atoms with Gasteiger partial charge in [-0.05, 0) is 36.7 Å². The number of halogens is 1. The summed E-state index contributed by atoms with van der Waals surface area (Å²) in [4.78, 5) is 6.89. The van der Waals surface area contributed by atoms with Gasteiger partial charge in [0.2, 0.25) is 0 Å². The van der Waals surface area contributed by atoms with Gasteiger partial charge in [-0.3, -0.25) is 0 Å². The largest absolute Gasteiger partial charge is 0.355 e. The summed E-state index contributed by atoms with van der Waals surface area (Å²) < 4.78 is 1.14. The molecule has 0 amide bonds. The molecule has 2 rings (SSSR count). The van der Waals surface area contributed by atoms with Crippen LogP contribution in [0.2, 0.25) is 0 Å². The molecule has 0 bridgehead atoms. The molecule has 0 aliphatic rings. The minimum atomic E-state index is 0.824. The van der Waals surface area contributed by atoms with Crippen molar-refractivity contribution in [2.45, 2.75) is 26.4 Å². The summed E-state index contributed by atoms with van der Waals surface area (Å²) in [5.74, 6) is 1.00. The van der Waals surface area contributed by atoms with Gasteiger partial charge in [0.1, 0.15) is 5.82 Å². The molecule has 0 atom stereocenters. The lowest BCUT2D eigenvalue weighted by molar-refractivity contribution is 0.663. The third kappa shape index (κ3) is 4.83. The monoisotopic (exact) mass is 347 g/mol. The van der Waals surface area contributed by atoms with Crippen molar-refractivity contribution in [3.63, 3.8) is 0 Å². The van der Waals surface area contributed by atoms with Gasteiger partial charge in [0.25, 0.3) is 0 Å². The first-order chi connectivity index (χ1) is 10.2. The van der Waals surface area contributed by atoms with Gasteiger partial charge >= 0.3 is 0 Å². The summed E-state index contributed by atoms with van der Waals surface area (Å²) in [5, 5.41) is 3.39. The van der Waals surface area contributed by atoms with Gasteiger partial charge in [-0.15, -0.1) is 0 Å². The number of nitrogens with zero attached hydrogens (tertiary/aromatic N) is 2. The lowest BCUT2D eigenvalue weighted by Crippen LogP contribution is -2.20. The zero-order valence-electron chi connectivity index (χ0n) is 12.6. The third-order valence-electron chi connectivity index (χ3n) is 3.28. The van der Waals surface area contributed by atoms with Crippen LogP contribution in [0.25, 0.3) is 0 Å². The predicted octanol–water partition coefficient (Wildman–Crippen LogP) is 3.98. The number of nitrogens with one attached hydrogen (secondary N) is 1. The van der Waals surface area contributed by atoms with Crippen molar-refractivity contribution in [1.29, 1.82) is 0 Å². The molecule has 0 aliphatic carbocycles. The van der Waals surface area contributed by atoms with Crippen LogP contribution in [0.4, 0.5) is 5.82 Å². The van der Waals surface area contributed by atoms with E-state index >= 15 is 0 Å². The molecule has 1 aromatic carbocycles. The van der Waals surface area contributed by atoms with Gasteiger partial charge in [0, 0.05) is 24.6 Å². The second-order valence-electron chi connectivity index (χ2n) is 5.11. The molecular formula is C17H22BrN3. The molecule has 1 N–H and O–H groups in total. The molecule has 0 unspecified atom stereocenters. The summed E-state index contributed by atoms with van der Waals surface area (Å²) in [7, 11) is 2.07. The Labute approximate surface area is 135 Å². The summed E-state index contributed by atoms with van der Waals surface area (Å²) in [6, 6.07) is 14.5. The van der Waals surface area contributed by atoms with E-state index < -0.39 is 0 Å². The fourth-order valence-electron chi connectivity index (χ4n) is 2.13. The summed E-state index contributed by atoms with van der Waals surface area (Å²) in [6.07, 6.45) is 1.14. The van der Waals surface area contributed by atoms with Crippen LogP contribution in [0.1, 0.15) is 24.6 Å². The molecule has 0 saturated carbocycles. The van der Waals surface area contributed by atoms with Crippen molar-refractivity contribution in [1.82, 2.24) is 10.3 Å². The normalized spacial score (nSPS) is 10.6. The zero-order chi connectivity index (χ0) is 15.1. The van der Waals surface area contributed by atoms with E-state index in [0.717, 1.165) is 42.0 Å². The molecule has 3 nitrogen and oxygen atoms in total. The van der Waals surface area contributed by atoms with E-state index in [9.17, 15) is 0 Å². The Kier molecular flexibility index (Phi) is 6.21. The summed E-state index contributed by atoms with van der Waals surface area (Å²) in [5.41, 5.74) is 2.34. The molecule has 2 aromatic rings. The average molecular weight is 348 g/mol. The van der Waals surface area contributed by atoms with E-state index in [2.05, 4.69) is 76.5 Å². The maximum Gasteiger partial charge on any atom is 0.128 e. The van der Waals surface area contributed by atoms with E-state index in [-0.39, 0.29) is 0 Å². The fourth-order valence-corrected chi connectivity index (χ4v) is 2.54. The van der Waals surface area contributed by atoms with Crippen LogP contribution in [0.5, 0.6) is 0 Å². The highest BCUT2D eigenvalue weighted by Crippen LogP contribution is 2.20. The standard InChI is InChI=1S/C17H22BrN3/c1-3-11-19-12-15-8-6-10-17(20-15)21(2)13-14-7-4-5-9-16(14)18/h4-10,19H,3,11-13H2,1-2H3. The Morgan fingerprint density at radius 1 is 1.14 bits per heavy atom. The molecule has 0 spiro atoms. The second kappa shape index (κ2) is 8.15. The number of anilines is 1. The third-order valence-corrected chi connectivity index (χ3v) is 4.06. The van der Waals surface area contributed by atoms with Gasteiger partial charge < -0.3 is 10.2 Å². The first-order valence-electron chi connectivity index (χ1n) is 7.32. The quantitative estimate of drug-likeness (QED) is 0.767. The number of hydrogen-bond donors (Lipinski definition) is 1. The van der Waals surface area contributed by atoms with Crippen molar-refractivity contribution in [2.75, 3.05) is 18.5 Å². The smallest absolute Gasteiger partial charge is 0.128 e. The van der Waals surface area contributed by atoms with Crippen LogP contribution in [0, 0.1) is 0 Å². The maximum absolute atomic E-state index is 4.72. The topological polar surface area (TPSA) is 28.2 Å². The minimum Gasteiger partial charge on any atom is -0.355 e. The predicted molar refractivity (Wildman–Crippen MR) is 92.5 cm³/mol. The van der Waals surface area contributed by atoms with Crippen LogP contribution in [-0.4, -0.2) is 18.6 Å². The van der Waals surface area contributed by atoms with Crippen molar-refractivity contribution < 1.29 is 0 Å². The van der Waals surface area contributed by atoms with Gasteiger partial charge in [0.15, 0.2) is 0 Å². The molecule has 21 heavy (non-hydrogen) atoms. The lowest BCUT2D eigenvalue weighted by atomic mass is 10.2. The van der Waals surface area contributed by atoms with E-state index in [1.54, 1.807) is 0 Å². The minimum absolute atomic E-state index is 0.824. The molecule has 4 heteroatoms. The number of rotatable bonds is 7. The fraction of sp³-hybridized carbons (Fsp3) is 0.353. The highest BCUT2D eigenvalue weighted by atomic mass is 79.9. The Balaban J connectivity index is 2.03. The number of aromatic nitrogens is 1. The average Bonchev–Trinajstić information content (AvgIpc) is 2.50. The van der Waals surface area contributed by atoms with Crippen LogP contribution in [0.3, 0.4) is 0 Å². The Bertz CT molecular complexity index is 571. The Morgan fingerprint density at radius 3 is 2.71 bits per heavy atom. The van der Waals surface area contributed by atoms with E-state index in [1.807, 2.05) is 6.07 Å². The Morgan fingerprint density at radius 2 is 1.95 bits per heavy atom. The first-order valence-corrected chi connectivity index (χ1v) is 8.11. The number of pyridine rings is 1. The first kappa shape index (κ1) is 16.0. The molecule has 1 aromatic heterocycles. The van der Waals surface area contributed by atoms with E-state index in [1.165, 1.54) is 5.56 Å². The van der Waals surface area contributed by atoms with E-state index in [4.69, 9.17) is 4.98 Å². The molecular weight excluding hydrogens is 326 g/mol. The maximum atomic E-state index is 4.72. The van der Waals surface area contributed by atoms with E-state index in [0.29, 0.717) is 0 Å². The van der Waals surface area contributed by atoms with Crippen molar-refractivity contribution >= 4 is 21.7 Å². The van der Waals surface area contributed by atoms with Crippen molar-refractivity contribution in [2.24, 2.45) is 0 Å². The highest BCUT2D eigenvalue weighted by Gasteiger charge is 2.06. The lowest BCUT2D eigenvalue weighted by Gasteiger charge is -2.19. The molecule has 112 valence electrons. The molecule has 0 fully saturated rings. The number of benzene rings is 1. The van der Waals surface area contributed by atoms with Gasteiger partial charge in [-0.1, -0.05) is 47.1 Å². The second-order valence-corrected chi connectivity index (χ2v) is 5.97. The summed E-state index contributed by atoms with van der Waals surface area (Å²) >= 11 is 3.60. The van der Waals surface area contributed by atoms with Crippen LogP contribution in [-0.2, 0) is 13.1 Å².